The minimum absolute atomic E-state index is 0.0859. The van der Waals surface area contributed by atoms with Crippen LogP contribution in [0.3, 0.4) is 0 Å². The number of hydrogen-bond acceptors (Lipinski definition) is 6. The van der Waals surface area contributed by atoms with Gasteiger partial charge in [-0.3, -0.25) is 23.3 Å². The summed E-state index contributed by atoms with van der Waals surface area (Å²) in [5.41, 5.74) is -0.244. The molecule has 4 aromatic rings. The first kappa shape index (κ1) is 25.5. The third kappa shape index (κ3) is 4.57. The van der Waals surface area contributed by atoms with Crippen LogP contribution < -0.4 is 26.8 Å². The van der Waals surface area contributed by atoms with Gasteiger partial charge in [0.25, 0.3) is 11.1 Å². The molecule has 2 aromatic heterocycles. The summed E-state index contributed by atoms with van der Waals surface area (Å²) in [6.07, 6.45) is 2.84. The van der Waals surface area contributed by atoms with Gasteiger partial charge in [0.1, 0.15) is 23.3 Å². The molecular formula is C25H23FIN5O4S. The topological polar surface area (TPSA) is 113 Å². The highest BCUT2D eigenvalue weighted by atomic mass is 127. The summed E-state index contributed by atoms with van der Waals surface area (Å²) >= 11 is 0.640. The van der Waals surface area contributed by atoms with E-state index in [-0.39, 0.29) is 34.0 Å². The molecule has 0 amide bonds. The average Bonchev–Trinajstić information content (AvgIpc) is 3.67. The fraction of sp³-hybridized carbons (Fsp3) is 0.240. The summed E-state index contributed by atoms with van der Waals surface area (Å²) in [5, 5.41) is 3.04. The molecule has 0 spiro atoms. The number of nitrogens with one attached hydrogen (secondary N) is 2. The molecule has 1 atom stereocenters. The SMILES string of the molecule is Cc1c(=O)n(C)c(Nc2ccc(I)cc2F)c2c(=O)n(C3CC3)c(=O)n(-c3cccc(N[S@@+](C)[O-])c3)c12. The Morgan fingerprint density at radius 3 is 2.49 bits per heavy atom. The highest BCUT2D eigenvalue weighted by Crippen LogP contribution is 2.34. The lowest BCUT2D eigenvalue weighted by Gasteiger charge is -2.21. The lowest BCUT2D eigenvalue weighted by Crippen LogP contribution is -2.41. The number of anilines is 3. The number of pyridine rings is 1. The smallest absolute Gasteiger partial charge is 0.336 e. The van der Waals surface area contributed by atoms with Crippen LogP contribution in [0.4, 0.5) is 21.6 Å². The lowest BCUT2D eigenvalue weighted by molar-refractivity contribution is 0.605. The first-order valence-corrected chi connectivity index (χ1v) is 14.1. The van der Waals surface area contributed by atoms with Gasteiger partial charge in [0, 0.05) is 22.2 Å². The maximum atomic E-state index is 14.8. The zero-order chi connectivity index (χ0) is 26.6. The average molecular weight is 635 g/mol. The number of halogens is 2. The first-order chi connectivity index (χ1) is 17.6. The minimum atomic E-state index is -1.35. The molecule has 2 aromatic carbocycles. The van der Waals surface area contributed by atoms with Crippen LogP contribution in [0.25, 0.3) is 16.6 Å². The maximum absolute atomic E-state index is 14.8. The van der Waals surface area contributed by atoms with Crippen molar-refractivity contribution < 1.29 is 8.94 Å². The van der Waals surface area contributed by atoms with Crippen LogP contribution >= 0.6 is 22.6 Å². The van der Waals surface area contributed by atoms with Gasteiger partial charge < -0.3 is 9.87 Å². The highest BCUT2D eigenvalue weighted by molar-refractivity contribution is 14.1. The number of rotatable bonds is 6. The van der Waals surface area contributed by atoms with Crippen LogP contribution in [0.2, 0.25) is 0 Å². The number of nitrogens with zero attached hydrogens (tertiary/aromatic N) is 3. The van der Waals surface area contributed by atoms with Crippen LogP contribution in [0.15, 0.2) is 56.8 Å². The van der Waals surface area contributed by atoms with Crippen molar-refractivity contribution in [1.29, 1.82) is 0 Å². The molecule has 1 aliphatic carbocycles. The molecule has 0 aliphatic heterocycles. The van der Waals surface area contributed by atoms with E-state index in [1.807, 2.05) is 22.6 Å². The molecular weight excluding hydrogens is 612 g/mol. The van der Waals surface area contributed by atoms with Crippen LogP contribution in [-0.4, -0.2) is 24.5 Å². The summed E-state index contributed by atoms with van der Waals surface area (Å²) in [6.45, 7) is 1.56. The van der Waals surface area contributed by atoms with Gasteiger partial charge in [-0.05, 0) is 78.8 Å². The number of benzene rings is 2. The standard InChI is InChI=1S/C25H23FIN5O4S/c1-13-21-20(22(30(2)23(13)33)28-19-10-7-14(27)11-18(19)26)24(34)32(16-8-9-16)25(35)31(21)17-6-4-5-15(12-17)29-37(3)36/h4-7,10-12,16,28-29H,8-9H2,1-3H3/t37-/m1/s1. The van der Waals surface area contributed by atoms with Crippen molar-refractivity contribution in [3.05, 3.63) is 88.6 Å². The van der Waals surface area contributed by atoms with Gasteiger partial charge in [-0.2, -0.15) is 0 Å². The predicted molar refractivity (Wildman–Crippen MR) is 152 cm³/mol. The van der Waals surface area contributed by atoms with Gasteiger partial charge in [-0.1, -0.05) is 6.07 Å². The van der Waals surface area contributed by atoms with Gasteiger partial charge in [0.05, 0.1) is 33.9 Å². The Labute approximate surface area is 227 Å². The fourth-order valence-corrected chi connectivity index (χ4v) is 5.36. The van der Waals surface area contributed by atoms with Crippen molar-refractivity contribution in [3.8, 4) is 5.69 Å². The number of hydrogen-bond donors (Lipinski definition) is 2. The van der Waals surface area contributed by atoms with Gasteiger partial charge >= 0.3 is 5.69 Å². The second-order valence-corrected chi connectivity index (χ2v) is 11.3. The Hall–Kier alpha value is -3.10. The molecule has 2 N–H and O–H groups in total. The zero-order valence-corrected chi connectivity index (χ0v) is 23.1. The van der Waals surface area contributed by atoms with Crippen molar-refractivity contribution in [2.24, 2.45) is 7.05 Å². The van der Waals surface area contributed by atoms with Crippen LogP contribution in [-0.2, 0) is 18.4 Å². The molecule has 0 radical (unpaired) electrons. The maximum Gasteiger partial charge on any atom is 0.336 e. The first-order valence-electron chi connectivity index (χ1n) is 11.4. The molecule has 0 unspecified atom stereocenters. The summed E-state index contributed by atoms with van der Waals surface area (Å²) in [7, 11) is 1.50. The molecule has 192 valence electrons. The van der Waals surface area contributed by atoms with E-state index >= 15 is 0 Å². The van der Waals surface area contributed by atoms with Crippen LogP contribution in [0.5, 0.6) is 0 Å². The van der Waals surface area contributed by atoms with E-state index < -0.39 is 34.0 Å². The Morgan fingerprint density at radius 2 is 1.84 bits per heavy atom. The molecule has 0 bridgehead atoms. The Morgan fingerprint density at radius 1 is 1.11 bits per heavy atom. The predicted octanol–water partition coefficient (Wildman–Crippen LogP) is 3.69. The van der Waals surface area contributed by atoms with Crippen LogP contribution in [0, 0.1) is 16.3 Å². The van der Waals surface area contributed by atoms with Gasteiger partial charge in [-0.25, -0.2) is 13.9 Å². The molecule has 9 nitrogen and oxygen atoms in total. The molecule has 37 heavy (non-hydrogen) atoms. The number of aryl methyl sites for hydroxylation is 1. The van der Waals surface area contributed by atoms with Crippen molar-refractivity contribution in [2.75, 3.05) is 16.3 Å². The Balaban J connectivity index is 1.90. The Bertz CT molecular complexity index is 1740. The normalized spacial score (nSPS) is 14.1. The van der Waals surface area contributed by atoms with Gasteiger partial charge in [0.15, 0.2) is 0 Å². The van der Waals surface area contributed by atoms with Gasteiger partial charge in [0.2, 0.25) is 0 Å². The monoisotopic (exact) mass is 635 g/mol. The molecule has 12 heteroatoms. The summed E-state index contributed by atoms with van der Waals surface area (Å²) in [4.78, 5) is 41.0. The molecule has 1 aliphatic rings. The van der Waals surface area contributed by atoms with Crippen molar-refractivity contribution >= 4 is 62.0 Å². The minimum Gasteiger partial charge on any atom is -0.593 e. The zero-order valence-electron chi connectivity index (χ0n) is 20.2. The van der Waals surface area contributed by atoms with E-state index in [9.17, 15) is 23.3 Å². The lowest BCUT2D eigenvalue weighted by atomic mass is 10.1. The van der Waals surface area contributed by atoms with E-state index in [0.717, 1.165) is 0 Å². The van der Waals surface area contributed by atoms with E-state index in [4.69, 9.17) is 0 Å². The van der Waals surface area contributed by atoms with Crippen molar-refractivity contribution in [1.82, 2.24) is 13.7 Å². The molecule has 1 fully saturated rings. The fourth-order valence-electron chi connectivity index (χ4n) is 4.45. The second kappa shape index (κ2) is 9.65. The molecule has 1 saturated carbocycles. The highest BCUT2D eigenvalue weighted by Gasteiger charge is 2.31. The second-order valence-electron chi connectivity index (χ2n) is 8.94. The van der Waals surface area contributed by atoms with E-state index in [1.165, 1.54) is 39.1 Å². The van der Waals surface area contributed by atoms with Crippen molar-refractivity contribution in [2.45, 2.75) is 25.8 Å². The summed E-state index contributed by atoms with van der Waals surface area (Å²) < 4.78 is 33.8. The van der Waals surface area contributed by atoms with E-state index in [2.05, 4.69) is 10.0 Å². The van der Waals surface area contributed by atoms with Crippen LogP contribution in [0.1, 0.15) is 24.4 Å². The molecule has 0 saturated heterocycles. The van der Waals surface area contributed by atoms with Gasteiger partial charge in [-0.15, -0.1) is 0 Å². The molecule has 5 rings (SSSR count). The molecule has 2 heterocycles. The number of fused-ring (bicyclic) bond motifs is 1. The van der Waals surface area contributed by atoms with Crippen molar-refractivity contribution in [3.63, 3.8) is 0 Å². The number of aromatic nitrogens is 3. The largest absolute Gasteiger partial charge is 0.593 e. The quantitative estimate of drug-likeness (QED) is 0.247. The van der Waals surface area contributed by atoms with E-state index in [0.29, 0.717) is 27.8 Å². The summed E-state index contributed by atoms with van der Waals surface area (Å²) in [6, 6.07) is 11.0. The third-order valence-electron chi connectivity index (χ3n) is 6.31. The van der Waals surface area contributed by atoms with E-state index in [1.54, 1.807) is 37.3 Å². The third-order valence-corrected chi connectivity index (χ3v) is 7.50. The Kier molecular flexibility index (Phi) is 6.66. The summed E-state index contributed by atoms with van der Waals surface area (Å²) in [5.74, 6) is -0.460.